The highest BCUT2D eigenvalue weighted by Crippen LogP contribution is 2.38. The molecule has 3 heteroatoms. The average Bonchev–Trinajstić information content (AvgIpc) is 2.69. The monoisotopic (exact) mass is 254 g/mol. The van der Waals surface area contributed by atoms with Gasteiger partial charge in [0.05, 0.1) is 24.2 Å². The minimum Gasteiger partial charge on any atom is -0.495 e. The number of rotatable bonds is 2. The summed E-state index contributed by atoms with van der Waals surface area (Å²) < 4.78 is 5.49. The Hall–Kier alpha value is -2.16. The third-order valence-corrected chi connectivity index (χ3v) is 3.44. The number of hydrogen-bond donors (Lipinski definition) is 1. The van der Waals surface area contributed by atoms with Crippen molar-refractivity contribution >= 4 is 17.1 Å². The average molecular weight is 254 g/mol. The molecule has 3 rings (SSSR count). The molecule has 0 radical (unpaired) electrons. The molecule has 1 aliphatic rings. The molecule has 19 heavy (non-hydrogen) atoms. The molecule has 0 saturated heterocycles. The highest BCUT2D eigenvalue weighted by molar-refractivity contribution is 5.79. The minimum absolute atomic E-state index is 0.916. The van der Waals surface area contributed by atoms with Crippen LogP contribution in [0.4, 0.5) is 17.1 Å². The number of benzene rings is 2. The molecule has 1 heterocycles. The molecule has 0 aromatic heterocycles. The summed E-state index contributed by atoms with van der Waals surface area (Å²) in [5.41, 5.74) is 3.52. The Balaban J connectivity index is 2.09. The second kappa shape index (κ2) is 5.22. The SMILES string of the molecule is COc1ccccc1N1CCCNc2ccccc21. The minimum atomic E-state index is 0.916. The summed E-state index contributed by atoms with van der Waals surface area (Å²) in [5.74, 6) is 0.916. The first-order valence-electron chi connectivity index (χ1n) is 6.63. The van der Waals surface area contributed by atoms with E-state index in [0.717, 1.165) is 30.9 Å². The Kier molecular flexibility index (Phi) is 3.27. The largest absolute Gasteiger partial charge is 0.495 e. The summed E-state index contributed by atoms with van der Waals surface area (Å²) in [7, 11) is 1.72. The molecule has 98 valence electrons. The lowest BCUT2D eigenvalue weighted by molar-refractivity contribution is 0.415. The molecule has 0 bridgehead atoms. The molecular weight excluding hydrogens is 236 g/mol. The van der Waals surface area contributed by atoms with E-state index in [9.17, 15) is 0 Å². The number of para-hydroxylation sites is 4. The number of ether oxygens (including phenoxy) is 1. The number of hydrogen-bond acceptors (Lipinski definition) is 3. The smallest absolute Gasteiger partial charge is 0.142 e. The van der Waals surface area contributed by atoms with Crippen molar-refractivity contribution in [1.29, 1.82) is 0 Å². The predicted molar refractivity (Wildman–Crippen MR) is 79.5 cm³/mol. The van der Waals surface area contributed by atoms with Gasteiger partial charge in [0.25, 0.3) is 0 Å². The van der Waals surface area contributed by atoms with Crippen LogP contribution >= 0.6 is 0 Å². The molecule has 0 aliphatic carbocycles. The zero-order valence-corrected chi connectivity index (χ0v) is 11.1. The fourth-order valence-corrected chi connectivity index (χ4v) is 2.54. The molecule has 0 spiro atoms. The lowest BCUT2D eigenvalue weighted by Gasteiger charge is -2.26. The molecule has 0 saturated carbocycles. The summed E-state index contributed by atoms with van der Waals surface area (Å²) in [4.78, 5) is 2.33. The van der Waals surface area contributed by atoms with Crippen molar-refractivity contribution in [1.82, 2.24) is 0 Å². The molecule has 0 atom stereocenters. The third-order valence-electron chi connectivity index (χ3n) is 3.44. The first-order chi connectivity index (χ1) is 9.40. The van der Waals surface area contributed by atoms with Gasteiger partial charge in [0.15, 0.2) is 0 Å². The zero-order valence-electron chi connectivity index (χ0n) is 11.1. The van der Waals surface area contributed by atoms with Crippen molar-refractivity contribution < 1.29 is 4.74 Å². The van der Waals surface area contributed by atoms with Crippen molar-refractivity contribution in [3.63, 3.8) is 0 Å². The Labute approximate surface area is 113 Å². The van der Waals surface area contributed by atoms with Gasteiger partial charge in [-0.3, -0.25) is 0 Å². The Morgan fingerprint density at radius 1 is 1.00 bits per heavy atom. The first kappa shape index (κ1) is 11.9. The van der Waals surface area contributed by atoms with Crippen LogP contribution in [-0.4, -0.2) is 20.2 Å². The van der Waals surface area contributed by atoms with Gasteiger partial charge in [-0.25, -0.2) is 0 Å². The molecule has 1 N–H and O–H groups in total. The van der Waals surface area contributed by atoms with Crippen molar-refractivity contribution in [3.05, 3.63) is 48.5 Å². The summed E-state index contributed by atoms with van der Waals surface area (Å²) >= 11 is 0. The summed E-state index contributed by atoms with van der Waals surface area (Å²) in [6.07, 6.45) is 1.10. The summed E-state index contributed by atoms with van der Waals surface area (Å²) in [6, 6.07) is 16.6. The maximum absolute atomic E-state index is 5.49. The molecule has 0 fully saturated rings. The molecule has 1 aliphatic heterocycles. The molecule has 3 nitrogen and oxygen atoms in total. The second-order valence-electron chi connectivity index (χ2n) is 4.62. The van der Waals surface area contributed by atoms with Crippen LogP contribution in [-0.2, 0) is 0 Å². The zero-order chi connectivity index (χ0) is 13.1. The van der Waals surface area contributed by atoms with E-state index in [1.807, 2.05) is 12.1 Å². The maximum atomic E-state index is 5.49. The van der Waals surface area contributed by atoms with E-state index in [-0.39, 0.29) is 0 Å². The molecule has 0 unspecified atom stereocenters. The second-order valence-corrected chi connectivity index (χ2v) is 4.62. The standard InChI is InChI=1S/C16H18N2O/c1-19-16-10-5-4-9-15(16)18-12-6-11-17-13-7-2-3-8-14(13)18/h2-5,7-10,17H,6,11-12H2,1H3. The molecule has 0 amide bonds. The fraction of sp³-hybridized carbons (Fsp3) is 0.250. The van der Waals surface area contributed by atoms with E-state index in [1.165, 1.54) is 11.4 Å². The van der Waals surface area contributed by atoms with Gasteiger partial charge in [-0.1, -0.05) is 24.3 Å². The van der Waals surface area contributed by atoms with E-state index in [4.69, 9.17) is 4.74 Å². The molecule has 2 aromatic carbocycles. The number of anilines is 3. The van der Waals surface area contributed by atoms with Crippen LogP contribution in [0.25, 0.3) is 0 Å². The van der Waals surface area contributed by atoms with Crippen LogP contribution in [0, 0.1) is 0 Å². The maximum Gasteiger partial charge on any atom is 0.142 e. The van der Waals surface area contributed by atoms with Gasteiger partial charge in [0.2, 0.25) is 0 Å². The van der Waals surface area contributed by atoms with Gasteiger partial charge < -0.3 is 15.0 Å². The van der Waals surface area contributed by atoms with Crippen molar-refractivity contribution in [2.24, 2.45) is 0 Å². The Bertz CT molecular complexity index is 568. The van der Waals surface area contributed by atoms with Gasteiger partial charge in [-0.2, -0.15) is 0 Å². The Morgan fingerprint density at radius 3 is 2.58 bits per heavy atom. The number of methoxy groups -OCH3 is 1. The Morgan fingerprint density at radius 2 is 1.74 bits per heavy atom. The molecule has 2 aromatic rings. The highest BCUT2D eigenvalue weighted by Gasteiger charge is 2.18. The van der Waals surface area contributed by atoms with Crippen LogP contribution in [0.2, 0.25) is 0 Å². The highest BCUT2D eigenvalue weighted by atomic mass is 16.5. The molecular formula is C16H18N2O. The van der Waals surface area contributed by atoms with Gasteiger partial charge in [-0.05, 0) is 30.7 Å². The topological polar surface area (TPSA) is 24.5 Å². The summed E-state index contributed by atoms with van der Waals surface area (Å²) in [5, 5.41) is 3.48. The predicted octanol–water partition coefficient (Wildman–Crippen LogP) is 3.65. The van der Waals surface area contributed by atoms with Crippen LogP contribution < -0.4 is 15.0 Å². The lowest BCUT2D eigenvalue weighted by Crippen LogP contribution is -2.18. The van der Waals surface area contributed by atoms with Crippen molar-refractivity contribution in [2.75, 3.05) is 30.4 Å². The third kappa shape index (κ3) is 2.24. The quantitative estimate of drug-likeness (QED) is 0.885. The van der Waals surface area contributed by atoms with Crippen molar-refractivity contribution in [2.45, 2.75) is 6.42 Å². The fourth-order valence-electron chi connectivity index (χ4n) is 2.54. The summed E-state index contributed by atoms with van der Waals surface area (Å²) in [6.45, 7) is 1.99. The number of fused-ring (bicyclic) bond motifs is 1. The van der Waals surface area contributed by atoms with Gasteiger partial charge >= 0.3 is 0 Å². The number of nitrogens with one attached hydrogen (secondary N) is 1. The van der Waals surface area contributed by atoms with Crippen LogP contribution in [0.15, 0.2) is 48.5 Å². The van der Waals surface area contributed by atoms with E-state index < -0.39 is 0 Å². The van der Waals surface area contributed by atoms with Gasteiger partial charge in [-0.15, -0.1) is 0 Å². The van der Waals surface area contributed by atoms with E-state index >= 15 is 0 Å². The lowest BCUT2D eigenvalue weighted by atomic mass is 10.2. The van der Waals surface area contributed by atoms with Crippen LogP contribution in [0.3, 0.4) is 0 Å². The van der Waals surface area contributed by atoms with E-state index in [1.54, 1.807) is 7.11 Å². The van der Waals surface area contributed by atoms with Crippen LogP contribution in [0.5, 0.6) is 5.75 Å². The van der Waals surface area contributed by atoms with E-state index in [0.29, 0.717) is 0 Å². The van der Waals surface area contributed by atoms with E-state index in [2.05, 4.69) is 46.6 Å². The number of nitrogens with zero attached hydrogens (tertiary/aromatic N) is 1. The van der Waals surface area contributed by atoms with Crippen molar-refractivity contribution in [3.8, 4) is 5.75 Å². The normalized spacial score (nSPS) is 14.3. The van der Waals surface area contributed by atoms with Gasteiger partial charge in [0, 0.05) is 13.1 Å². The van der Waals surface area contributed by atoms with Gasteiger partial charge in [0.1, 0.15) is 5.75 Å². The first-order valence-corrected chi connectivity index (χ1v) is 6.63. The van der Waals surface area contributed by atoms with Crippen LogP contribution in [0.1, 0.15) is 6.42 Å².